The van der Waals surface area contributed by atoms with Crippen LogP contribution in [0.15, 0.2) is 29.2 Å². The molecule has 0 N–H and O–H groups in total. The van der Waals surface area contributed by atoms with Crippen LogP contribution < -0.4 is 5.56 Å². The second-order valence-electron chi connectivity index (χ2n) is 7.12. The molecular weight excluding hydrogens is 318 g/mol. The Morgan fingerprint density at radius 1 is 0.960 bits per heavy atom. The molecule has 1 saturated carbocycles. The minimum atomic E-state index is -0.170. The van der Waals surface area contributed by atoms with E-state index in [2.05, 4.69) is 0 Å². The molecule has 6 heteroatoms. The maximum atomic E-state index is 12.4. The molecule has 1 aliphatic heterocycles. The van der Waals surface area contributed by atoms with Gasteiger partial charge in [-0.2, -0.15) is 0 Å². The normalized spacial score (nSPS) is 18.6. The van der Waals surface area contributed by atoms with Gasteiger partial charge in [-0.15, -0.1) is 0 Å². The van der Waals surface area contributed by atoms with E-state index in [0.29, 0.717) is 32.6 Å². The Hall–Kier alpha value is -2.11. The number of rotatable bonds is 5. The fraction of sp³-hybridized carbons (Fsp3) is 0.632. The molecule has 2 heterocycles. The summed E-state index contributed by atoms with van der Waals surface area (Å²) in [6, 6.07) is 4.86. The van der Waals surface area contributed by atoms with Crippen molar-refractivity contribution in [3.63, 3.8) is 0 Å². The lowest BCUT2D eigenvalue weighted by Gasteiger charge is -2.35. The van der Waals surface area contributed by atoms with Crippen LogP contribution in [-0.2, 0) is 16.1 Å². The molecule has 0 aromatic carbocycles. The van der Waals surface area contributed by atoms with Crippen molar-refractivity contribution in [2.24, 2.45) is 5.92 Å². The Labute approximate surface area is 148 Å². The Balaban J connectivity index is 1.43. The number of carbonyl (C=O) groups excluding carboxylic acids is 2. The molecular formula is C19H27N3O3. The third kappa shape index (κ3) is 4.71. The van der Waals surface area contributed by atoms with Gasteiger partial charge in [-0.25, -0.2) is 0 Å². The van der Waals surface area contributed by atoms with Gasteiger partial charge in [-0.1, -0.05) is 31.7 Å². The number of aromatic nitrogens is 1. The summed E-state index contributed by atoms with van der Waals surface area (Å²) >= 11 is 0. The number of pyridine rings is 1. The lowest BCUT2D eigenvalue weighted by Crippen LogP contribution is -2.51. The highest BCUT2D eigenvalue weighted by Crippen LogP contribution is 2.28. The minimum absolute atomic E-state index is 0.0636. The Morgan fingerprint density at radius 3 is 2.24 bits per heavy atom. The van der Waals surface area contributed by atoms with Crippen LogP contribution in [-0.4, -0.2) is 52.4 Å². The van der Waals surface area contributed by atoms with Crippen molar-refractivity contribution in [3.05, 3.63) is 34.7 Å². The molecule has 1 aromatic heterocycles. The van der Waals surface area contributed by atoms with Gasteiger partial charge in [0, 0.05) is 44.9 Å². The van der Waals surface area contributed by atoms with Crippen molar-refractivity contribution in [1.29, 1.82) is 0 Å². The third-order valence-electron chi connectivity index (χ3n) is 5.43. The Kier molecular flexibility index (Phi) is 5.89. The second-order valence-corrected chi connectivity index (χ2v) is 7.12. The van der Waals surface area contributed by atoms with Crippen LogP contribution in [0.2, 0.25) is 0 Å². The van der Waals surface area contributed by atoms with E-state index in [0.717, 1.165) is 12.3 Å². The maximum Gasteiger partial charge on any atom is 0.250 e. The largest absolute Gasteiger partial charge is 0.339 e. The molecule has 25 heavy (non-hydrogen) atoms. The SMILES string of the molecule is O=C(CCC1CCCC1)N1CCN(C(=O)Cn2ccccc2=O)CC1. The molecule has 2 aliphatic rings. The first-order valence-corrected chi connectivity index (χ1v) is 9.34. The van der Waals surface area contributed by atoms with Crippen molar-refractivity contribution in [2.45, 2.75) is 45.1 Å². The first kappa shape index (κ1) is 17.7. The van der Waals surface area contributed by atoms with Crippen LogP contribution in [0.25, 0.3) is 0 Å². The summed E-state index contributed by atoms with van der Waals surface area (Å²) in [4.78, 5) is 40.0. The molecule has 1 aliphatic carbocycles. The molecule has 1 aromatic rings. The summed E-state index contributed by atoms with van der Waals surface area (Å²) in [5.41, 5.74) is -0.170. The number of nitrogens with zero attached hydrogens (tertiary/aromatic N) is 3. The molecule has 0 unspecified atom stereocenters. The van der Waals surface area contributed by atoms with E-state index in [9.17, 15) is 14.4 Å². The summed E-state index contributed by atoms with van der Waals surface area (Å²) in [6.07, 6.45) is 8.44. The van der Waals surface area contributed by atoms with Crippen molar-refractivity contribution in [1.82, 2.24) is 14.4 Å². The second kappa shape index (κ2) is 8.32. The Bertz CT molecular complexity index is 656. The molecule has 136 valence electrons. The number of amides is 2. The van der Waals surface area contributed by atoms with Crippen LogP contribution >= 0.6 is 0 Å². The zero-order chi connectivity index (χ0) is 17.6. The number of hydrogen-bond donors (Lipinski definition) is 0. The van der Waals surface area contributed by atoms with E-state index >= 15 is 0 Å². The smallest absolute Gasteiger partial charge is 0.250 e. The maximum absolute atomic E-state index is 12.4. The predicted octanol–water partition coefficient (Wildman–Crippen LogP) is 1.49. The van der Waals surface area contributed by atoms with Gasteiger partial charge in [0.25, 0.3) is 5.56 Å². The van der Waals surface area contributed by atoms with Crippen molar-refractivity contribution in [3.8, 4) is 0 Å². The molecule has 3 rings (SSSR count). The summed E-state index contributed by atoms with van der Waals surface area (Å²) in [5, 5.41) is 0. The van der Waals surface area contributed by atoms with Gasteiger partial charge in [0.05, 0.1) is 0 Å². The molecule has 0 bridgehead atoms. The summed E-state index contributed by atoms with van der Waals surface area (Å²) in [7, 11) is 0. The molecule has 2 amide bonds. The van der Waals surface area contributed by atoms with Gasteiger partial charge in [-0.05, 0) is 18.4 Å². The highest BCUT2D eigenvalue weighted by atomic mass is 16.2. The third-order valence-corrected chi connectivity index (χ3v) is 5.43. The highest BCUT2D eigenvalue weighted by Gasteiger charge is 2.25. The fourth-order valence-electron chi connectivity index (χ4n) is 3.83. The average Bonchev–Trinajstić information content (AvgIpc) is 3.15. The van der Waals surface area contributed by atoms with Gasteiger partial charge in [-0.3, -0.25) is 14.4 Å². The molecule has 0 spiro atoms. The first-order valence-electron chi connectivity index (χ1n) is 9.34. The van der Waals surface area contributed by atoms with Crippen LogP contribution in [0.5, 0.6) is 0 Å². The Morgan fingerprint density at radius 2 is 1.60 bits per heavy atom. The van der Waals surface area contributed by atoms with Crippen molar-refractivity contribution in [2.75, 3.05) is 26.2 Å². The van der Waals surface area contributed by atoms with Crippen molar-refractivity contribution >= 4 is 11.8 Å². The fourth-order valence-corrected chi connectivity index (χ4v) is 3.83. The minimum Gasteiger partial charge on any atom is -0.339 e. The number of carbonyl (C=O) groups is 2. The van der Waals surface area contributed by atoms with E-state index in [1.807, 2.05) is 4.90 Å². The number of piperazine rings is 1. The van der Waals surface area contributed by atoms with Gasteiger partial charge in [0.2, 0.25) is 11.8 Å². The molecule has 0 atom stereocenters. The lowest BCUT2D eigenvalue weighted by atomic mass is 10.0. The van der Waals surface area contributed by atoms with Crippen LogP contribution in [0, 0.1) is 5.92 Å². The zero-order valence-electron chi connectivity index (χ0n) is 14.7. The standard InChI is InChI=1S/C19H27N3O3/c23-17-7-3-4-10-22(17)15-19(25)21-13-11-20(12-14-21)18(24)9-8-16-5-1-2-6-16/h3-4,7,10,16H,1-2,5-6,8-9,11-15H2. The van der Waals surface area contributed by atoms with Gasteiger partial charge in [0.1, 0.15) is 6.54 Å². The van der Waals surface area contributed by atoms with E-state index in [4.69, 9.17) is 0 Å². The molecule has 6 nitrogen and oxygen atoms in total. The van der Waals surface area contributed by atoms with E-state index in [1.165, 1.54) is 36.3 Å². The zero-order valence-corrected chi connectivity index (χ0v) is 14.7. The van der Waals surface area contributed by atoms with Gasteiger partial charge >= 0.3 is 0 Å². The van der Waals surface area contributed by atoms with E-state index in [-0.39, 0.29) is 23.9 Å². The molecule has 0 radical (unpaired) electrons. The van der Waals surface area contributed by atoms with E-state index < -0.39 is 0 Å². The predicted molar refractivity (Wildman–Crippen MR) is 95.1 cm³/mol. The monoisotopic (exact) mass is 345 g/mol. The summed E-state index contributed by atoms with van der Waals surface area (Å²) in [5.74, 6) is 0.889. The summed E-state index contributed by atoms with van der Waals surface area (Å²) < 4.78 is 1.42. The lowest BCUT2D eigenvalue weighted by molar-refractivity contribution is -0.140. The molecule has 1 saturated heterocycles. The van der Waals surface area contributed by atoms with Crippen molar-refractivity contribution < 1.29 is 9.59 Å². The van der Waals surface area contributed by atoms with E-state index in [1.54, 1.807) is 23.2 Å². The van der Waals surface area contributed by atoms with Gasteiger partial charge in [0.15, 0.2) is 0 Å². The van der Waals surface area contributed by atoms with Crippen LogP contribution in [0.1, 0.15) is 38.5 Å². The van der Waals surface area contributed by atoms with Crippen LogP contribution in [0.4, 0.5) is 0 Å². The van der Waals surface area contributed by atoms with Crippen LogP contribution in [0.3, 0.4) is 0 Å². The average molecular weight is 345 g/mol. The number of hydrogen-bond acceptors (Lipinski definition) is 3. The van der Waals surface area contributed by atoms with Gasteiger partial charge < -0.3 is 14.4 Å². The topological polar surface area (TPSA) is 62.6 Å². The summed E-state index contributed by atoms with van der Waals surface area (Å²) in [6.45, 7) is 2.36. The first-order chi connectivity index (χ1) is 12.1. The highest BCUT2D eigenvalue weighted by molar-refractivity contribution is 5.78. The quantitative estimate of drug-likeness (QED) is 0.812. The molecule has 2 fully saturated rings.